The van der Waals surface area contributed by atoms with Crippen LogP contribution >= 0.6 is 0 Å². The number of amides is 1. The zero-order chi connectivity index (χ0) is 26.9. The summed E-state index contributed by atoms with van der Waals surface area (Å²) in [7, 11) is 1.37. The third-order valence-corrected chi connectivity index (χ3v) is 7.92. The molecule has 0 bridgehead atoms. The van der Waals surface area contributed by atoms with Gasteiger partial charge in [-0.15, -0.1) is 0 Å². The number of hydrogen-bond acceptors (Lipinski definition) is 8. The van der Waals surface area contributed by atoms with Crippen LogP contribution in [0, 0.1) is 11.7 Å². The molecule has 3 aromatic rings. The second-order valence-corrected chi connectivity index (χ2v) is 10.4. The van der Waals surface area contributed by atoms with Gasteiger partial charge in [0, 0.05) is 48.4 Å². The Balaban J connectivity index is 1.07. The second-order valence-electron chi connectivity index (χ2n) is 10.4. The first-order valence-electron chi connectivity index (χ1n) is 13.4. The monoisotopic (exact) mass is 540 g/mol. The number of H-pyrrole nitrogens is 1. The average Bonchev–Trinajstić information content (AvgIpc) is 3.65. The number of rotatable bonds is 7. The fourth-order valence-electron chi connectivity index (χ4n) is 5.75. The molecular formula is C28H33FN4O6. The molecule has 1 amide bonds. The summed E-state index contributed by atoms with van der Waals surface area (Å²) in [6, 6.07) is 11.1. The van der Waals surface area contributed by atoms with E-state index in [1.54, 1.807) is 6.07 Å². The molecule has 0 saturated carbocycles. The number of aliphatic hydroxyl groups is 1. The number of alkyl carbamates (subject to hydrolysis) is 1. The quantitative estimate of drug-likeness (QED) is 0.418. The highest BCUT2D eigenvalue weighted by molar-refractivity contribution is 5.81. The van der Waals surface area contributed by atoms with Gasteiger partial charge in [0.2, 0.25) is 0 Å². The van der Waals surface area contributed by atoms with Crippen LogP contribution in [0.2, 0.25) is 0 Å². The highest BCUT2D eigenvalue weighted by atomic mass is 19.1. The lowest BCUT2D eigenvalue weighted by atomic mass is 9.98. The molecule has 208 valence electrons. The van der Waals surface area contributed by atoms with Crippen LogP contribution in [0.4, 0.5) is 14.9 Å². The molecule has 0 aliphatic carbocycles. The van der Waals surface area contributed by atoms with Crippen LogP contribution in [-0.4, -0.2) is 85.5 Å². The highest BCUT2D eigenvalue weighted by Crippen LogP contribution is 2.33. The molecule has 39 heavy (non-hydrogen) atoms. The number of pyridine rings is 1. The van der Waals surface area contributed by atoms with Crippen LogP contribution in [0.25, 0.3) is 22.3 Å². The van der Waals surface area contributed by atoms with E-state index >= 15 is 4.39 Å². The van der Waals surface area contributed by atoms with E-state index < -0.39 is 18.0 Å². The number of aromatic nitrogens is 2. The number of nitrogens with zero attached hydrogens (tertiary/aromatic N) is 2. The number of hydrogen-bond donors (Lipinski definition) is 3. The lowest BCUT2D eigenvalue weighted by Gasteiger charge is -2.33. The van der Waals surface area contributed by atoms with Crippen LogP contribution in [0.5, 0.6) is 5.88 Å². The Morgan fingerprint density at radius 3 is 2.72 bits per heavy atom. The Bertz CT molecular complexity index is 1310. The van der Waals surface area contributed by atoms with Crippen LogP contribution < -0.4 is 15.0 Å². The van der Waals surface area contributed by atoms with E-state index in [2.05, 4.69) is 24.9 Å². The summed E-state index contributed by atoms with van der Waals surface area (Å²) >= 11 is 0. The number of halogens is 1. The summed E-state index contributed by atoms with van der Waals surface area (Å²) in [5.41, 5.74) is 3.21. The minimum Gasteiger partial charge on any atom is -0.479 e. The molecule has 2 aromatic heterocycles. The zero-order valence-electron chi connectivity index (χ0n) is 21.8. The van der Waals surface area contributed by atoms with Crippen molar-refractivity contribution in [3.8, 4) is 17.1 Å². The molecule has 11 heteroatoms. The molecule has 6 rings (SSSR count). The van der Waals surface area contributed by atoms with Gasteiger partial charge in [-0.05, 0) is 31.4 Å². The topological polar surface area (TPSA) is 118 Å². The lowest BCUT2D eigenvalue weighted by Crippen LogP contribution is -2.44. The van der Waals surface area contributed by atoms with Gasteiger partial charge in [-0.25, -0.2) is 14.2 Å². The van der Waals surface area contributed by atoms with E-state index in [0.717, 1.165) is 38.0 Å². The minimum absolute atomic E-state index is 0.0913. The summed E-state index contributed by atoms with van der Waals surface area (Å²) in [6.45, 7) is 2.91. The maximum Gasteiger partial charge on any atom is 0.407 e. The smallest absolute Gasteiger partial charge is 0.407 e. The van der Waals surface area contributed by atoms with Gasteiger partial charge in [0.15, 0.2) is 11.7 Å². The van der Waals surface area contributed by atoms with Gasteiger partial charge in [0.25, 0.3) is 0 Å². The van der Waals surface area contributed by atoms with Crippen LogP contribution in [0.3, 0.4) is 0 Å². The van der Waals surface area contributed by atoms with Gasteiger partial charge >= 0.3 is 6.09 Å². The number of piperidine rings is 1. The molecule has 10 nitrogen and oxygen atoms in total. The molecule has 4 atom stereocenters. The number of aliphatic hydroxyl groups excluding tert-OH is 1. The first kappa shape index (κ1) is 25.8. The van der Waals surface area contributed by atoms with E-state index in [1.807, 2.05) is 24.3 Å². The average molecular weight is 541 g/mol. The number of carbonyl (C=O) groups excluding carboxylic acids is 1. The van der Waals surface area contributed by atoms with Crippen molar-refractivity contribution in [1.29, 1.82) is 0 Å². The third kappa shape index (κ3) is 5.39. The van der Waals surface area contributed by atoms with Crippen molar-refractivity contribution in [2.24, 2.45) is 5.92 Å². The van der Waals surface area contributed by atoms with Crippen molar-refractivity contribution in [1.82, 2.24) is 15.3 Å². The normalized spacial score (nSPS) is 25.2. The van der Waals surface area contributed by atoms with Crippen molar-refractivity contribution in [3.63, 3.8) is 0 Å². The Labute approximate surface area is 225 Å². The van der Waals surface area contributed by atoms with Crippen LogP contribution in [-0.2, 0) is 14.2 Å². The molecule has 3 aliphatic heterocycles. The van der Waals surface area contributed by atoms with Crippen molar-refractivity contribution >= 4 is 22.8 Å². The first-order chi connectivity index (χ1) is 19.0. The number of ether oxygens (including phenoxy) is 4. The molecule has 2 unspecified atom stereocenters. The summed E-state index contributed by atoms with van der Waals surface area (Å²) in [5, 5.41) is 12.8. The van der Waals surface area contributed by atoms with Crippen molar-refractivity contribution in [3.05, 3.63) is 42.2 Å². The van der Waals surface area contributed by atoms with E-state index in [0.29, 0.717) is 42.3 Å². The zero-order valence-corrected chi connectivity index (χ0v) is 21.8. The van der Waals surface area contributed by atoms with Crippen molar-refractivity contribution in [2.75, 3.05) is 44.9 Å². The number of anilines is 1. The number of carbonyl (C=O) groups is 1. The maximum atomic E-state index is 15.0. The Kier molecular flexibility index (Phi) is 7.28. The molecule has 1 aromatic carbocycles. The Hall–Kier alpha value is -3.41. The largest absolute Gasteiger partial charge is 0.479 e. The fraction of sp³-hybridized carbons (Fsp3) is 0.500. The van der Waals surface area contributed by atoms with E-state index in [9.17, 15) is 9.90 Å². The first-order valence-corrected chi connectivity index (χ1v) is 13.4. The molecule has 3 saturated heterocycles. The van der Waals surface area contributed by atoms with E-state index in [4.69, 9.17) is 14.2 Å². The molecule has 0 radical (unpaired) electrons. The maximum absolute atomic E-state index is 15.0. The number of benzene rings is 1. The number of methoxy groups -OCH3 is 1. The van der Waals surface area contributed by atoms with Gasteiger partial charge in [-0.2, -0.15) is 0 Å². The third-order valence-electron chi connectivity index (χ3n) is 7.92. The number of nitrogens with one attached hydrogen (secondary N) is 2. The van der Waals surface area contributed by atoms with Crippen molar-refractivity contribution in [2.45, 2.75) is 43.6 Å². The standard InChI is InChI=1S/C28H33FN4O6/c1-36-28(35)30-18-6-9-33(10-7-18)19-4-2-16(3-5-19)25-20(29)12-21-22(32-25)13-24(31-21)37-11-8-17-14-38-27-23(34)15-39-26(17)27/h2-5,12-13,17-18,23,26-27,31,34H,6-11,14-15H2,1H3,(H,30,35)/t17-,23-,26?,27?/m1/s1. The highest BCUT2D eigenvalue weighted by Gasteiger charge is 2.46. The van der Waals surface area contributed by atoms with Gasteiger partial charge in [0.05, 0.1) is 44.1 Å². The molecule has 3 N–H and O–H groups in total. The Morgan fingerprint density at radius 1 is 1.18 bits per heavy atom. The summed E-state index contributed by atoms with van der Waals surface area (Å²) in [6.07, 6.45) is 1.08. The fourth-order valence-corrected chi connectivity index (χ4v) is 5.75. The summed E-state index contributed by atoms with van der Waals surface area (Å²) < 4.78 is 37.0. The van der Waals surface area contributed by atoms with Gasteiger partial charge in [0.1, 0.15) is 17.9 Å². The molecule has 3 fully saturated rings. The predicted octanol–water partition coefficient (Wildman–Crippen LogP) is 3.24. The molecule has 3 aliphatic rings. The predicted molar refractivity (Wildman–Crippen MR) is 141 cm³/mol. The van der Waals surface area contributed by atoms with Crippen molar-refractivity contribution < 1.29 is 33.2 Å². The van der Waals surface area contributed by atoms with E-state index in [-0.39, 0.29) is 29.9 Å². The molecule has 0 spiro atoms. The SMILES string of the molecule is COC(=O)NC1CCN(c2ccc(-c3nc4cc(OCC[C@@H]5COC6C5OC[C@H]6O)[nH]c4cc3F)cc2)CC1. The number of aromatic amines is 1. The number of fused-ring (bicyclic) bond motifs is 2. The van der Waals surface area contributed by atoms with Crippen LogP contribution in [0.15, 0.2) is 36.4 Å². The molecular weight excluding hydrogens is 507 g/mol. The van der Waals surface area contributed by atoms with Crippen LogP contribution in [0.1, 0.15) is 19.3 Å². The summed E-state index contributed by atoms with van der Waals surface area (Å²) in [5.74, 6) is 0.284. The van der Waals surface area contributed by atoms with Gasteiger partial charge in [-0.1, -0.05) is 12.1 Å². The lowest BCUT2D eigenvalue weighted by molar-refractivity contribution is 0.0163. The summed E-state index contributed by atoms with van der Waals surface area (Å²) in [4.78, 5) is 21.4. The molecule has 5 heterocycles. The van der Waals surface area contributed by atoms with Gasteiger partial charge in [-0.3, -0.25) is 0 Å². The van der Waals surface area contributed by atoms with E-state index in [1.165, 1.54) is 13.2 Å². The van der Waals surface area contributed by atoms with Gasteiger partial charge < -0.3 is 39.3 Å². The Morgan fingerprint density at radius 2 is 1.95 bits per heavy atom. The second kappa shape index (κ2) is 11.0. The minimum atomic E-state index is -0.560.